The first-order valence-electron chi connectivity index (χ1n) is 9.26. The normalized spacial score (nSPS) is 10.9. The van der Waals surface area contributed by atoms with Crippen molar-refractivity contribution in [2.24, 2.45) is 0 Å². The first kappa shape index (κ1) is 23.2. The van der Waals surface area contributed by atoms with Crippen molar-refractivity contribution in [2.45, 2.75) is 19.9 Å². The van der Waals surface area contributed by atoms with Crippen LogP contribution in [0.3, 0.4) is 0 Å². The number of rotatable bonds is 11. The van der Waals surface area contributed by atoms with Gasteiger partial charge >= 0.3 is 5.97 Å². The molecule has 1 aromatic carbocycles. The van der Waals surface area contributed by atoms with E-state index in [1.807, 2.05) is 0 Å². The fourth-order valence-corrected chi connectivity index (χ4v) is 3.27. The number of esters is 1. The highest BCUT2D eigenvalue weighted by Gasteiger charge is 2.16. The van der Waals surface area contributed by atoms with E-state index in [0.29, 0.717) is 30.1 Å². The number of methoxy groups -OCH3 is 1. The summed E-state index contributed by atoms with van der Waals surface area (Å²) in [7, 11) is 1.59. The van der Waals surface area contributed by atoms with Crippen LogP contribution in [0.5, 0.6) is 0 Å². The average molecular weight is 433 g/mol. The van der Waals surface area contributed by atoms with Crippen LogP contribution in [0.25, 0.3) is 6.08 Å². The monoisotopic (exact) mass is 433 g/mol. The van der Waals surface area contributed by atoms with Gasteiger partial charge in [-0.25, -0.2) is 9.78 Å². The van der Waals surface area contributed by atoms with Gasteiger partial charge in [0.15, 0.2) is 5.69 Å². The number of thiazole rings is 1. The minimum absolute atomic E-state index is 0.0131. The van der Waals surface area contributed by atoms with Gasteiger partial charge in [0, 0.05) is 43.9 Å². The molecule has 0 radical (unpaired) electrons. The number of aromatic nitrogens is 1. The molecule has 0 saturated carbocycles. The summed E-state index contributed by atoms with van der Waals surface area (Å²) in [6.07, 6.45) is 3.65. The number of non-ortho nitro benzene ring substituents is 1. The van der Waals surface area contributed by atoms with E-state index in [1.165, 1.54) is 29.5 Å². The van der Waals surface area contributed by atoms with E-state index in [4.69, 9.17) is 9.47 Å². The topological polar surface area (TPSA) is 112 Å². The Morgan fingerprint density at radius 2 is 2.03 bits per heavy atom. The summed E-state index contributed by atoms with van der Waals surface area (Å²) in [4.78, 5) is 40.6. The van der Waals surface area contributed by atoms with Crippen LogP contribution >= 0.6 is 11.3 Å². The van der Waals surface area contributed by atoms with E-state index in [1.54, 1.807) is 42.5 Å². The lowest BCUT2D eigenvalue weighted by Gasteiger charge is -2.20. The number of nitro benzene ring substituents is 1. The molecule has 0 fully saturated rings. The van der Waals surface area contributed by atoms with Crippen molar-refractivity contribution in [2.75, 3.05) is 26.9 Å². The minimum atomic E-state index is -0.490. The van der Waals surface area contributed by atoms with Crippen LogP contribution < -0.4 is 0 Å². The molecule has 0 spiro atoms. The fourth-order valence-electron chi connectivity index (χ4n) is 2.49. The van der Waals surface area contributed by atoms with Gasteiger partial charge in [-0.1, -0.05) is 0 Å². The van der Waals surface area contributed by atoms with Crippen LogP contribution in [0.2, 0.25) is 0 Å². The van der Waals surface area contributed by atoms with Gasteiger partial charge in [-0.15, -0.1) is 11.3 Å². The van der Waals surface area contributed by atoms with Crippen molar-refractivity contribution in [1.82, 2.24) is 9.88 Å². The van der Waals surface area contributed by atoms with Crippen molar-refractivity contribution in [1.29, 1.82) is 0 Å². The van der Waals surface area contributed by atoms with Gasteiger partial charge in [-0.2, -0.15) is 0 Å². The maximum absolute atomic E-state index is 12.7. The van der Waals surface area contributed by atoms with E-state index in [0.717, 1.165) is 0 Å². The number of amides is 1. The number of ether oxygens (including phenoxy) is 2. The van der Waals surface area contributed by atoms with Crippen LogP contribution in [-0.2, 0) is 20.8 Å². The number of hydrogen-bond acceptors (Lipinski definition) is 8. The van der Waals surface area contributed by atoms with Gasteiger partial charge in [-0.3, -0.25) is 14.9 Å². The van der Waals surface area contributed by atoms with Gasteiger partial charge in [0.1, 0.15) is 5.01 Å². The lowest BCUT2D eigenvalue weighted by molar-refractivity contribution is -0.384. The molecule has 0 bridgehead atoms. The zero-order chi connectivity index (χ0) is 21.9. The molecule has 0 aliphatic heterocycles. The first-order valence-corrected chi connectivity index (χ1v) is 10.1. The first-order chi connectivity index (χ1) is 14.4. The molecule has 1 heterocycles. The largest absolute Gasteiger partial charge is 0.461 e. The second-order valence-electron chi connectivity index (χ2n) is 6.14. The quantitative estimate of drug-likeness (QED) is 0.176. The van der Waals surface area contributed by atoms with Crippen molar-refractivity contribution in [3.05, 3.63) is 62.1 Å². The third-order valence-electron chi connectivity index (χ3n) is 3.97. The molecule has 30 heavy (non-hydrogen) atoms. The Labute approximate surface area is 178 Å². The molecular formula is C20H23N3O6S. The molecule has 1 aromatic heterocycles. The zero-order valence-electron chi connectivity index (χ0n) is 16.8. The van der Waals surface area contributed by atoms with Crippen LogP contribution in [0.1, 0.15) is 34.4 Å². The molecule has 0 N–H and O–H groups in total. The highest BCUT2D eigenvalue weighted by Crippen LogP contribution is 2.16. The molecule has 1 amide bonds. The summed E-state index contributed by atoms with van der Waals surface area (Å²) in [5.74, 6) is -0.729. The Morgan fingerprint density at radius 3 is 2.67 bits per heavy atom. The molecular weight excluding hydrogens is 410 g/mol. The summed E-state index contributed by atoms with van der Waals surface area (Å²) < 4.78 is 10.00. The number of hydrogen-bond donors (Lipinski definition) is 0. The highest BCUT2D eigenvalue weighted by molar-refractivity contribution is 7.09. The molecule has 0 aliphatic carbocycles. The summed E-state index contributed by atoms with van der Waals surface area (Å²) >= 11 is 1.28. The molecule has 2 rings (SSSR count). The van der Waals surface area contributed by atoms with Crippen LogP contribution in [0.15, 0.2) is 35.7 Å². The summed E-state index contributed by atoms with van der Waals surface area (Å²) in [6.45, 7) is 3.18. The maximum Gasteiger partial charge on any atom is 0.357 e. The van der Waals surface area contributed by atoms with Crippen LogP contribution in [0, 0.1) is 10.1 Å². The molecule has 2 aromatic rings. The molecule has 0 aliphatic rings. The van der Waals surface area contributed by atoms with Crippen molar-refractivity contribution >= 4 is 35.0 Å². The molecule has 9 nitrogen and oxygen atoms in total. The summed E-state index contributed by atoms with van der Waals surface area (Å²) in [5, 5.41) is 13.0. The standard InChI is InChI=1S/C20H23N3O6S/c1-3-29-20(25)17-14-30-18(21-17)13-22(11-4-12-28-2)19(24)10-7-15-5-8-16(9-6-15)23(26)27/h5-10,14H,3-4,11-13H2,1-2H3. The number of carbonyl (C=O) groups is 2. The number of nitrogens with zero attached hydrogens (tertiary/aromatic N) is 3. The maximum atomic E-state index is 12.7. The van der Waals surface area contributed by atoms with E-state index in [-0.39, 0.29) is 30.4 Å². The smallest absolute Gasteiger partial charge is 0.357 e. The number of carbonyl (C=O) groups excluding carboxylic acids is 2. The van der Waals surface area contributed by atoms with Crippen LogP contribution in [-0.4, -0.2) is 53.6 Å². The number of nitro groups is 1. The second-order valence-corrected chi connectivity index (χ2v) is 7.08. The van der Waals surface area contributed by atoms with Crippen LogP contribution in [0.4, 0.5) is 5.69 Å². The van der Waals surface area contributed by atoms with Gasteiger partial charge < -0.3 is 14.4 Å². The van der Waals surface area contributed by atoms with Gasteiger partial charge in [0.05, 0.1) is 18.1 Å². The minimum Gasteiger partial charge on any atom is -0.461 e. The Hall–Kier alpha value is -3.11. The Kier molecular flexibility index (Phi) is 9.10. The fraction of sp³-hybridized carbons (Fsp3) is 0.350. The molecule has 0 unspecified atom stereocenters. The van der Waals surface area contributed by atoms with Crippen molar-refractivity contribution in [3.8, 4) is 0 Å². The van der Waals surface area contributed by atoms with Gasteiger partial charge in [0.2, 0.25) is 5.91 Å². The van der Waals surface area contributed by atoms with Gasteiger partial charge in [-0.05, 0) is 37.1 Å². The second kappa shape index (κ2) is 11.8. The zero-order valence-corrected chi connectivity index (χ0v) is 17.6. The molecule has 0 saturated heterocycles. The molecule has 0 atom stereocenters. The summed E-state index contributed by atoms with van der Waals surface area (Å²) in [5.41, 5.74) is 0.882. The van der Waals surface area contributed by atoms with E-state index in [2.05, 4.69) is 4.98 Å². The predicted octanol–water partition coefficient (Wildman–Crippen LogP) is 3.31. The van der Waals surface area contributed by atoms with E-state index < -0.39 is 10.9 Å². The highest BCUT2D eigenvalue weighted by atomic mass is 32.1. The average Bonchev–Trinajstić information content (AvgIpc) is 3.20. The van der Waals surface area contributed by atoms with Crippen molar-refractivity contribution in [3.63, 3.8) is 0 Å². The number of benzene rings is 1. The Bertz CT molecular complexity index is 894. The SMILES string of the molecule is CCOC(=O)c1csc(CN(CCCOC)C(=O)C=Cc2ccc([N+](=O)[O-])cc2)n1. The Balaban J connectivity index is 2.08. The molecule has 10 heteroatoms. The third-order valence-corrected chi connectivity index (χ3v) is 4.81. The third kappa shape index (κ3) is 7.05. The lowest BCUT2D eigenvalue weighted by Crippen LogP contribution is -2.30. The predicted molar refractivity (Wildman–Crippen MR) is 112 cm³/mol. The summed E-state index contributed by atoms with van der Waals surface area (Å²) in [6, 6.07) is 5.91. The van der Waals surface area contributed by atoms with E-state index >= 15 is 0 Å². The van der Waals surface area contributed by atoms with Crippen molar-refractivity contribution < 1.29 is 24.0 Å². The molecule has 160 valence electrons. The Morgan fingerprint density at radius 1 is 1.30 bits per heavy atom. The van der Waals surface area contributed by atoms with E-state index in [9.17, 15) is 19.7 Å². The van der Waals surface area contributed by atoms with Gasteiger partial charge in [0.25, 0.3) is 5.69 Å². The lowest BCUT2D eigenvalue weighted by atomic mass is 10.2.